The van der Waals surface area contributed by atoms with Gasteiger partial charge in [0.1, 0.15) is 18.2 Å². The number of esters is 1. The van der Waals surface area contributed by atoms with Gasteiger partial charge >= 0.3 is 12.1 Å². The first-order valence-corrected chi connectivity index (χ1v) is 10.3. The van der Waals surface area contributed by atoms with E-state index in [0.717, 1.165) is 19.3 Å². The Balaban J connectivity index is 2.07. The van der Waals surface area contributed by atoms with E-state index in [1.165, 1.54) is 0 Å². The second-order valence-corrected chi connectivity index (χ2v) is 8.61. The third-order valence-electron chi connectivity index (χ3n) is 4.87. The molecule has 1 aliphatic rings. The van der Waals surface area contributed by atoms with Gasteiger partial charge in [0.25, 0.3) is 0 Å². The Bertz CT molecular complexity index is 884. The zero-order chi connectivity index (χ0) is 24.9. The second kappa shape index (κ2) is 10.8. The predicted octanol–water partition coefficient (Wildman–Crippen LogP) is 3.88. The highest BCUT2D eigenvalue weighted by atomic mass is 19.2. The highest BCUT2D eigenvalue weighted by Crippen LogP contribution is 2.29. The number of rotatable bonds is 6. The third-order valence-corrected chi connectivity index (χ3v) is 4.87. The van der Waals surface area contributed by atoms with E-state index in [2.05, 4.69) is 15.4 Å². The summed E-state index contributed by atoms with van der Waals surface area (Å²) >= 11 is 0. The molecule has 1 atom stereocenters. The topological polar surface area (TPSA) is 93.7 Å². The molecule has 0 bridgehead atoms. The molecule has 12 heteroatoms. The van der Waals surface area contributed by atoms with E-state index in [4.69, 9.17) is 4.74 Å². The van der Waals surface area contributed by atoms with Crippen LogP contribution in [0.25, 0.3) is 0 Å². The molecular weight excluding hydrogens is 455 g/mol. The summed E-state index contributed by atoms with van der Waals surface area (Å²) in [7, 11) is 0. The van der Waals surface area contributed by atoms with Gasteiger partial charge in [-0.2, -0.15) is 8.78 Å². The van der Waals surface area contributed by atoms with Crippen molar-refractivity contribution in [1.82, 2.24) is 10.6 Å². The van der Waals surface area contributed by atoms with Gasteiger partial charge in [-0.3, -0.25) is 4.79 Å². The number of carbonyl (C=O) groups is 3. The number of nitrogens with one attached hydrogen (secondary N) is 2. The maximum Gasteiger partial charge on any atom is 0.408 e. The molecule has 1 saturated carbocycles. The van der Waals surface area contributed by atoms with Crippen molar-refractivity contribution in [3.8, 4) is 5.75 Å². The van der Waals surface area contributed by atoms with E-state index in [-0.39, 0.29) is 5.92 Å². The molecular formula is C21H25F5N2O5. The Morgan fingerprint density at radius 1 is 0.909 bits per heavy atom. The summed E-state index contributed by atoms with van der Waals surface area (Å²) in [5.41, 5.74) is -0.824. The quantitative estimate of drug-likeness (QED) is 0.212. The summed E-state index contributed by atoms with van der Waals surface area (Å²) < 4.78 is 76.3. The summed E-state index contributed by atoms with van der Waals surface area (Å²) in [4.78, 5) is 36.8. The average Bonchev–Trinajstić information content (AvgIpc) is 2.75. The molecule has 0 heterocycles. The van der Waals surface area contributed by atoms with E-state index in [9.17, 15) is 36.3 Å². The molecule has 0 aromatic heterocycles. The van der Waals surface area contributed by atoms with E-state index >= 15 is 0 Å². The number of benzene rings is 1. The molecule has 2 amide bonds. The molecule has 1 fully saturated rings. The van der Waals surface area contributed by atoms with Crippen molar-refractivity contribution >= 4 is 18.0 Å². The van der Waals surface area contributed by atoms with Crippen molar-refractivity contribution in [2.75, 3.05) is 6.54 Å². The molecule has 1 aliphatic carbocycles. The molecule has 184 valence electrons. The Kier molecular flexibility index (Phi) is 8.62. The number of ether oxygens (including phenoxy) is 2. The molecule has 2 N–H and O–H groups in total. The van der Waals surface area contributed by atoms with Gasteiger partial charge in [0.15, 0.2) is 0 Å². The van der Waals surface area contributed by atoms with Crippen molar-refractivity contribution in [3.05, 3.63) is 29.1 Å². The van der Waals surface area contributed by atoms with Crippen molar-refractivity contribution in [3.63, 3.8) is 0 Å². The molecule has 0 aliphatic heterocycles. The molecule has 1 aromatic rings. The van der Waals surface area contributed by atoms with E-state index in [1.807, 2.05) is 0 Å². The Hall–Kier alpha value is -2.92. The van der Waals surface area contributed by atoms with E-state index in [1.54, 1.807) is 20.8 Å². The summed E-state index contributed by atoms with van der Waals surface area (Å²) in [6.07, 6.45) is 3.02. The van der Waals surface area contributed by atoms with Crippen LogP contribution in [0.3, 0.4) is 0 Å². The maximum atomic E-state index is 13.7. The molecule has 0 spiro atoms. The van der Waals surface area contributed by atoms with Crippen molar-refractivity contribution in [2.24, 2.45) is 5.92 Å². The maximum absolute atomic E-state index is 13.7. The van der Waals surface area contributed by atoms with Gasteiger partial charge in [0, 0.05) is 0 Å². The molecule has 7 nitrogen and oxygen atoms in total. The normalized spacial score (nSPS) is 15.5. The fourth-order valence-electron chi connectivity index (χ4n) is 3.39. The van der Waals surface area contributed by atoms with Gasteiger partial charge < -0.3 is 20.1 Å². The van der Waals surface area contributed by atoms with Gasteiger partial charge in [-0.25, -0.2) is 22.8 Å². The first-order valence-electron chi connectivity index (χ1n) is 10.3. The summed E-state index contributed by atoms with van der Waals surface area (Å²) in [6.45, 7) is 3.96. The molecule has 33 heavy (non-hydrogen) atoms. The Morgan fingerprint density at radius 3 is 1.94 bits per heavy atom. The van der Waals surface area contributed by atoms with Crippen LogP contribution in [0.2, 0.25) is 0 Å². The molecule has 2 rings (SSSR count). The van der Waals surface area contributed by atoms with Gasteiger partial charge in [-0.15, -0.1) is 0 Å². The van der Waals surface area contributed by atoms with E-state index in [0.29, 0.717) is 12.8 Å². The fraction of sp³-hybridized carbons (Fsp3) is 0.571. The Morgan fingerprint density at radius 2 is 1.42 bits per heavy atom. The molecule has 0 radical (unpaired) electrons. The van der Waals surface area contributed by atoms with Gasteiger partial charge in [0.05, 0.1) is 0 Å². The van der Waals surface area contributed by atoms with Crippen LogP contribution in [0, 0.1) is 35.0 Å². The lowest BCUT2D eigenvalue weighted by atomic mass is 9.83. The van der Waals surface area contributed by atoms with Gasteiger partial charge in [0.2, 0.25) is 40.7 Å². The standard InChI is InChI=1S/C21H25F5N2O5/c1-21(2,3)33-20(31)28-17(10-7-5-4-6-8-10)19(30)27-9-11(29)32-18-15(25)13(23)12(22)14(24)16(18)26/h10,17H,4-9H2,1-3H3,(H,27,30)(H,28,31)/t17-/m1/s1. The minimum absolute atomic E-state index is 0.252. The lowest BCUT2D eigenvalue weighted by Gasteiger charge is -2.30. The summed E-state index contributed by atoms with van der Waals surface area (Å²) in [5, 5.41) is 4.63. The first kappa shape index (κ1) is 26.3. The fourth-order valence-corrected chi connectivity index (χ4v) is 3.39. The van der Waals surface area contributed by atoms with Gasteiger partial charge in [-0.1, -0.05) is 19.3 Å². The minimum Gasteiger partial charge on any atom is -0.444 e. The van der Waals surface area contributed by atoms with Crippen LogP contribution in [0.4, 0.5) is 26.7 Å². The largest absolute Gasteiger partial charge is 0.444 e. The zero-order valence-corrected chi connectivity index (χ0v) is 18.3. The number of carbonyl (C=O) groups excluding carboxylic acids is 3. The third kappa shape index (κ3) is 7.03. The number of halogens is 5. The SMILES string of the molecule is CC(C)(C)OC(=O)N[C@@H](C(=O)NCC(=O)Oc1c(F)c(F)c(F)c(F)c1F)C1CCCCC1. The molecule has 1 aromatic carbocycles. The van der Waals surface area contributed by atoms with Crippen LogP contribution < -0.4 is 15.4 Å². The predicted molar refractivity (Wildman–Crippen MR) is 105 cm³/mol. The van der Waals surface area contributed by atoms with Crippen LogP contribution in [-0.4, -0.2) is 36.2 Å². The smallest absolute Gasteiger partial charge is 0.408 e. The lowest BCUT2D eigenvalue weighted by Crippen LogP contribution is -2.53. The van der Waals surface area contributed by atoms with Crippen molar-refractivity contribution in [1.29, 1.82) is 0 Å². The highest BCUT2D eigenvalue weighted by molar-refractivity contribution is 5.89. The summed E-state index contributed by atoms with van der Waals surface area (Å²) in [6, 6.07) is -1.07. The van der Waals surface area contributed by atoms with Crippen LogP contribution in [0.1, 0.15) is 52.9 Å². The van der Waals surface area contributed by atoms with E-state index < -0.39 is 71.0 Å². The number of hydrogen-bond acceptors (Lipinski definition) is 5. The number of amides is 2. The van der Waals surface area contributed by atoms with Crippen molar-refractivity contribution in [2.45, 2.75) is 64.5 Å². The van der Waals surface area contributed by atoms with Crippen LogP contribution in [0.15, 0.2) is 0 Å². The number of hydrogen-bond donors (Lipinski definition) is 2. The minimum atomic E-state index is -2.40. The first-order chi connectivity index (χ1) is 15.3. The van der Waals surface area contributed by atoms with Gasteiger partial charge in [-0.05, 0) is 39.5 Å². The average molecular weight is 480 g/mol. The summed E-state index contributed by atoms with van der Waals surface area (Å²) in [5.74, 6) is -15.9. The van der Waals surface area contributed by atoms with Crippen LogP contribution >= 0.6 is 0 Å². The highest BCUT2D eigenvalue weighted by Gasteiger charge is 2.33. The monoisotopic (exact) mass is 480 g/mol. The second-order valence-electron chi connectivity index (χ2n) is 8.61. The van der Waals surface area contributed by atoms with Crippen LogP contribution in [0.5, 0.6) is 5.75 Å². The zero-order valence-electron chi connectivity index (χ0n) is 18.3. The lowest BCUT2D eigenvalue weighted by molar-refractivity contribution is -0.136. The molecule has 0 saturated heterocycles. The van der Waals surface area contributed by atoms with Crippen LogP contribution in [-0.2, 0) is 14.3 Å². The number of alkyl carbamates (subject to hydrolysis) is 1. The van der Waals surface area contributed by atoms with Crippen molar-refractivity contribution < 1.29 is 45.8 Å². The molecule has 0 unspecified atom stereocenters. The Labute approximate surface area is 187 Å².